The van der Waals surface area contributed by atoms with E-state index in [1.54, 1.807) is 36.4 Å². The molecule has 0 aliphatic heterocycles. The minimum absolute atomic E-state index is 0.315. The summed E-state index contributed by atoms with van der Waals surface area (Å²) in [5, 5.41) is 2.75. The lowest BCUT2D eigenvalue weighted by atomic mass is 10.2. The van der Waals surface area contributed by atoms with Gasteiger partial charge in [0.25, 0.3) is 0 Å². The Morgan fingerprint density at radius 3 is 2.54 bits per heavy atom. The predicted molar refractivity (Wildman–Crippen MR) is 111 cm³/mol. The Balaban J connectivity index is 2.36. The minimum atomic E-state index is -3.75. The molecule has 7 nitrogen and oxygen atoms in total. The van der Waals surface area contributed by atoms with Gasteiger partial charge in [-0.3, -0.25) is 9.10 Å². The van der Waals surface area contributed by atoms with E-state index in [0.29, 0.717) is 29.5 Å². The zero-order valence-electron chi connectivity index (χ0n) is 16.7. The number of nitrogens with zero attached hydrogens (tertiary/aromatic N) is 1. The van der Waals surface area contributed by atoms with E-state index in [0.717, 1.165) is 16.1 Å². The van der Waals surface area contributed by atoms with Crippen LogP contribution in [-0.4, -0.2) is 40.3 Å². The summed E-state index contributed by atoms with van der Waals surface area (Å²) in [6.45, 7) is 5.74. The molecule has 0 bridgehead atoms. The zero-order chi connectivity index (χ0) is 20.9. The van der Waals surface area contributed by atoms with Crippen LogP contribution in [0, 0.1) is 6.92 Å². The predicted octanol–water partition coefficient (Wildman–Crippen LogP) is 3.20. The molecule has 0 fully saturated rings. The van der Waals surface area contributed by atoms with Gasteiger partial charge in [0, 0.05) is 11.8 Å². The maximum atomic E-state index is 12.8. The van der Waals surface area contributed by atoms with Crippen molar-refractivity contribution >= 4 is 27.3 Å². The van der Waals surface area contributed by atoms with Gasteiger partial charge in [0.1, 0.15) is 17.5 Å². The van der Waals surface area contributed by atoms with Crippen LogP contribution in [0.2, 0.25) is 0 Å². The monoisotopic (exact) mass is 406 g/mol. The molecule has 2 rings (SSSR count). The van der Waals surface area contributed by atoms with Crippen molar-refractivity contribution in [1.29, 1.82) is 0 Å². The SMILES string of the molecule is CCOc1cccc(NC(=O)C(C)N(c2cc(C)ccc2OC)S(C)(=O)=O)c1. The van der Waals surface area contributed by atoms with Crippen LogP contribution in [0.15, 0.2) is 42.5 Å². The van der Waals surface area contributed by atoms with Gasteiger partial charge in [-0.1, -0.05) is 12.1 Å². The van der Waals surface area contributed by atoms with Crippen molar-refractivity contribution in [3.05, 3.63) is 48.0 Å². The topological polar surface area (TPSA) is 84.9 Å². The molecular weight excluding hydrogens is 380 g/mol. The number of hydrogen-bond donors (Lipinski definition) is 1. The third kappa shape index (κ3) is 5.16. The van der Waals surface area contributed by atoms with E-state index in [9.17, 15) is 13.2 Å². The summed E-state index contributed by atoms with van der Waals surface area (Å²) in [7, 11) is -2.30. The fourth-order valence-corrected chi connectivity index (χ4v) is 4.00. The van der Waals surface area contributed by atoms with Crippen molar-refractivity contribution in [2.45, 2.75) is 26.8 Å². The van der Waals surface area contributed by atoms with Gasteiger partial charge in [-0.15, -0.1) is 0 Å². The highest BCUT2D eigenvalue weighted by Gasteiger charge is 2.31. The van der Waals surface area contributed by atoms with E-state index < -0.39 is 22.0 Å². The molecule has 1 unspecified atom stereocenters. The summed E-state index contributed by atoms with van der Waals surface area (Å²) in [5.74, 6) is 0.518. The second kappa shape index (κ2) is 8.97. The Bertz CT molecular complexity index is 943. The first-order chi connectivity index (χ1) is 13.2. The van der Waals surface area contributed by atoms with E-state index in [4.69, 9.17) is 9.47 Å². The number of nitrogens with one attached hydrogen (secondary N) is 1. The maximum absolute atomic E-state index is 12.8. The summed E-state index contributed by atoms with van der Waals surface area (Å²) in [6.07, 6.45) is 1.06. The summed E-state index contributed by atoms with van der Waals surface area (Å²) < 4.78 is 36.9. The molecule has 1 amide bonds. The number of carbonyl (C=O) groups is 1. The van der Waals surface area contributed by atoms with Crippen LogP contribution < -0.4 is 19.1 Å². The van der Waals surface area contributed by atoms with Gasteiger partial charge < -0.3 is 14.8 Å². The van der Waals surface area contributed by atoms with Gasteiger partial charge in [-0.2, -0.15) is 0 Å². The van der Waals surface area contributed by atoms with E-state index in [1.807, 2.05) is 19.9 Å². The van der Waals surface area contributed by atoms with Crippen molar-refractivity contribution in [3.8, 4) is 11.5 Å². The molecule has 2 aromatic carbocycles. The molecule has 2 aromatic rings. The first-order valence-corrected chi connectivity index (χ1v) is 10.7. The molecule has 1 N–H and O–H groups in total. The van der Waals surface area contributed by atoms with E-state index in [2.05, 4.69) is 5.32 Å². The van der Waals surface area contributed by atoms with Crippen molar-refractivity contribution in [3.63, 3.8) is 0 Å². The van der Waals surface area contributed by atoms with Crippen molar-refractivity contribution in [2.75, 3.05) is 29.6 Å². The number of amides is 1. The average molecular weight is 407 g/mol. The van der Waals surface area contributed by atoms with Gasteiger partial charge in [0.15, 0.2) is 0 Å². The molecule has 0 spiro atoms. The standard InChI is InChI=1S/C20H26N2O5S/c1-6-27-17-9-7-8-16(13-17)21-20(23)15(3)22(28(5,24)25)18-12-14(2)10-11-19(18)26-4/h7-13,15H,6H2,1-5H3,(H,21,23). The Hall–Kier alpha value is -2.74. The second-order valence-electron chi connectivity index (χ2n) is 6.36. The van der Waals surface area contributed by atoms with Gasteiger partial charge in [-0.25, -0.2) is 8.42 Å². The fraction of sp³-hybridized carbons (Fsp3) is 0.350. The van der Waals surface area contributed by atoms with Gasteiger partial charge in [0.05, 0.1) is 25.7 Å². The Morgan fingerprint density at radius 2 is 1.93 bits per heavy atom. The highest BCUT2D eigenvalue weighted by molar-refractivity contribution is 7.92. The van der Waals surface area contributed by atoms with Crippen LogP contribution in [0.5, 0.6) is 11.5 Å². The van der Waals surface area contributed by atoms with E-state index in [1.165, 1.54) is 14.0 Å². The normalized spacial score (nSPS) is 12.2. The molecule has 152 valence electrons. The molecule has 28 heavy (non-hydrogen) atoms. The van der Waals surface area contributed by atoms with Crippen molar-refractivity contribution in [1.82, 2.24) is 0 Å². The lowest BCUT2D eigenvalue weighted by Gasteiger charge is -2.29. The minimum Gasteiger partial charge on any atom is -0.495 e. The third-order valence-electron chi connectivity index (χ3n) is 4.07. The van der Waals surface area contributed by atoms with Crippen LogP contribution >= 0.6 is 0 Å². The summed E-state index contributed by atoms with van der Waals surface area (Å²) in [4.78, 5) is 12.8. The quantitative estimate of drug-likeness (QED) is 0.728. The smallest absolute Gasteiger partial charge is 0.247 e. The third-order valence-corrected chi connectivity index (χ3v) is 5.30. The van der Waals surface area contributed by atoms with Crippen LogP contribution in [0.4, 0.5) is 11.4 Å². The average Bonchev–Trinajstić information content (AvgIpc) is 2.61. The lowest BCUT2D eigenvalue weighted by molar-refractivity contribution is -0.116. The van der Waals surface area contributed by atoms with E-state index in [-0.39, 0.29) is 0 Å². The maximum Gasteiger partial charge on any atom is 0.247 e. The van der Waals surface area contributed by atoms with Gasteiger partial charge >= 0.3 is 0 Å². The number of benzene rings is 2. The number of sulfonamides is 1. The van der Waals surface area contributed by atoms with Gasteiger partial charge in [-0.05, 0) is 50.6 Å². The molecule has 0 aliphatic carbocycles. The van der Waals surface area contributed by atoms with Gasteiger partial charge in [0.2, 0.25) is 15.9 Å². The number of ether oxygens (including phenoxy) is 2. The van der Waals surface area contributed by atoms with Crippen LogP contribution in [0.3, 0.4) is 0 Å². The highest BCUT2D eigenvalue weighted by Crippen LogP contribution is 2.33. The van der Waals surface area contributed by atoms with Crippen molar-refractivity contribution < 1.29 is 22.7 Å². The summed E-state index contributed by atoms with van der Waals surface area (Å²) in [6, 6.07) is 11.1. The zero-order valence-corrected chi connectivity index (χ0v) is 17.5. The molecule has 0 saturated heterocycles. The fourth-order valence-electron chi connectivity index (χ4n) is 2.83. The second-order valence-corrected chi connectivity index (χ2v) is 8.22. The number of carbonyl (C=O) groups excluding carboxylic acids is 1. The molecule has 0 saturated carbocycles. The molecular formula is C20H26N2O5S. The summed E-state index contributed by atoms with van der Waals surface area (Å²) >= 11 is 0. The molecule has 0 aromatic heterocycles. The Morgan fingerprint density at radius 1 is 1.21 bits per heavy atom. The first-order valence-electron chi connectivity index (χ1n) is 8.85. The van der Waals surface area contributed by atoms with Crippen LogP contribution in [-0.2, 0) is 14.8 Å². The highest BCUT2D eigenvalue weighted by atomic mass is 32.2. The number of methoxy groups -OCH3 is 1. The first kappa shape index (κ1) is 21.6. The summed E-state index contributed by atoms with van der Waals surface area (Å²) in [5.41, 5.74) is 1.68. The number of hydrogen-bond acceptors (Lipinski definition) is 5. The Labute approximate surface area is 166 Å². The van der Waals surface area contributed by atoms with Crippen LogP contribution in [0.1, 0.15) is 19.4 Å². The molecule has 0 radical (unpaired) electrons. The molecule has 1 atom stereocenters. The number of rotatable bonds is 8. The number of aryl methyl sites for hydroxylation is 1. The molecule has 0 heterocycles. The van der Waals surface area contributed by atoms with Crippen molar-refractivity contribution in [2.24, 2.45) is 0 Å². The molecule has 0 aliphatic rings. The molecule has 8 heteroatoms. The van der Waals surface area contributed by atoms with Crippen LogP contribution in [0.25, 0.3) is 0 Å². The lowest BCUT2D eigenvalue weighted by Crippen LogP contribution is -2.45. The Kier molecular flexibility index (Phi) is 6.90. The number of anilines is 2. The van der Waals surface area contributed by atoms with E-state index >= 15 is 0 Å². The largest absolute Gasteiger partial charge is 0.495 e.